The van der Waals surface area contributed by atoms with Crippen LogP contribution in [-0.2, 0) is 0 Å². The third-order valence-electron chi connectivity index (χ3n) is 5.47. The molecule has 16 heavy (non-hydrogen) atoms. The van der Waals surface area contributed by atoms with E-state index in [-0.39, 0.29) is 0 Å². The van der Waals surface area contributed by atoms with Crippen molar-refractivity contribution in [2.75, 3.05) is 7.05 Å². The molecule has 0 amide bonds. The van der Waals surface area contributed by atoms with Crippen LogP contribution < -0.4 is 0 Å². The molecule has 1 heterocycles. The van der Waals surface area contributed by atoms with Gasteiger partial charge in [-0.25, -0.2) is 0 Å². The van der Waals surface area contributed by atoms with E-state index in [4.69, 9.17) is 0 Å². The quantitative estimate of drug-likeness (QED) is 0.641. The summed E-state index contributed by atoms with van der Waals surface area (Å²) in [5, 5.41) is 0. The molecule has 2 saturated carbocycles. The highest BCUT2D eigenvalue weighted by Crippen LogP contribution is 2.65. The van der Waals surface area contributed by atoms with Crippen LogP contribution in [0.3, 0.4) is 0 Å². The van der Waals surface area contributed by atoms with E-state index >= 15 is 0 Å². The zero-order valence-corrected chi connectivity index (χ0v) is 10.6. The number of hydrogen-bond acceptors (Lipinski definition) is 1. The Balaban J connectivity index is 1.75. The average Bonchev–Trinajstić information content (AvgIpc) is 2.18. The van der Waals surface area contributed by atoms with Crippen LogP contribution in [0.25, 0.3) is 0 Å². The summed E-state index contributed by atoms with van der Waals surface area (Å²) in [5.41, 5.74) is 4.13. The number of likely N-dealkylation sites (N-methyl/N-ethyl adjacent to an activating group) is 1. The summed E-state index contributed by atoms with van der Waals surface area (Å²) in [6, 6.07) is 1.55. The summed E-state index contributed by atoms with van der Waals surface area (Å²) in [6.45, 7) is 2.17. The van der Waals surface area contributed by atoms with Crippen molar-refractivity contribution >= 4 is 0 Å². The van der Waals surface area contributed by atoms with E-state index in [0.717, 1.165) is 23.8 Å². The molecule has 4 unspecified atom stereocenters. The maximum absolute atomic E-state index is 3.36. The number of likely N-dealkylation sites (tertiary alicyclic amines) is 1. The van der Waals surface area contributed by atoms with E-state index in [1.54, 1.807) is 0 Å². The Kier molecular flexibility index (Phi) is 2.49. The van der Waals surface area contributed by atoms with Crippen LogP contribution in [-0.4, -0.2) is 24.0 Å². The molecule has 1 spiro atoms. The van der Waals surface area contributed by atoms with Crippen LogP contribution in [0.4, 0.5) is 0 Å². The monoisotopic (exact) mass is 217 g/mol. The molecule has 0 bridgehead atoms. The Bertz CT molecular complexity index is 335. The first-order valence-corrected chi connectivity index (χ1v) is 6.91. The molecule has 3 rings (SSSR count). The number of piperidine rings is 1. The molecule has 2 aliphatic carbocycles. The highest BCUT2D eigenvalue weighted by molar-refractivity contribution is 5.16. The van der Waals surface area contributed by atoms with Gasteiger partial charge in [0.1, 0.15) is 0 Å². The zero-order valence-electron chi connectivity index (χ0n) is 10.6. The van der Waals surface area contributed by atoms with E-state index in [9.17, 15) is 0 Å². The van der Waals surface area contributed by atoms with Crippen molar-refractivity contribution in [3.05, 3.63) is 17.9 Å². The summed E-state index contributed by atoms with van der Waals surface area (Å²) in [7, 11) is 2.33. The molecule has 1 aliphatic heterocycles. The zero-order chi connectivity index (χ0) is 11.2. The first kappa shape index (κ1) is 10.6. The molecule has 4 atom stereocenters. The third-order valence-corrected chi connectivity index (χ3v) is 5.47. The minimum Gasteiger partial charge on any atom is -0.296 e. The van der Waals surface area contributed by atoms with E-state index in [0.29, 0.717) is 6.04 Å². The van der Waals surface area contributed by atoms with E-state index in [2.05, 4.69) is 36.8 Å². The maximum Gasteiger partial charge on any atom is 0.0355 e. The summed E-state index contributed by atoms with van der Waals surface area (Å²) in [6.07, 6.45) is 12.9. The second-order valence-electron chi connectivity index (χ2n) is 5.94. The molecule has 1 heteroatoms. The van der Waals surface area contributed by atoms with Gasteiger partial charge < -0.3 is 0 Å². The van der Waals surface area contributed by atoms with E-state index in [1.807, 2.05) is 0 Å². The Hall–Kier alpha value is -0.520. The van der Waals surface area contributed by atoms with Gasteiger partial charge in [-0.1, -0.05) is 6.92 Å². The predicted octanol–water partition coefficient (Wildman–Crippen LogP) is 3.37. The SMILES string of the molecule is CCC=C=CC1CC2CCC23CCC3N1C. The van der Waals surface area contributed by atoms with Crippen LogP contribution in [0, 0.1) is 11.3 Å². The van der Waals surface area contributed by atoms with Crippen LogP contribution >= 0.6 is 0 Å². The van der Waals surface area contributed by atoms with Gasteiger partial charge in [-0.05, 0) is 69.1 Å². The number of nitrogens with zero attached hydrogens (tertiary/aromatic N) is 1. The van der Waals surface area contributed by atoms with Crippen molar-refractivity contribution in [3.63, 3.8) is 0 Å². The lowest BCUT2D eigenvalue weighted by molar-refractivity contribution is -0.173. The van der Waals surface area contributed by atoms with Gasteiger partial charge in [-0.2, -0.15) is 0 Å². The largest absolute Gasteiger partial charge is 0.296 e. The molecule has 0 aromatic rings. The molecule has 0 aromatic carbocycles. The Labute approximate surface area is 99.2 Å². The lowest BCUT2D eigenvalue weighted by Gasteiger charge is -2.68. The minimum absolute atomic E-state index is 0.659. The standard InChI is InChI=1S/C15H23N/c1-3-4-5-6-13-11-12-7-9-15(12)10-8-14(15)16(13)2/h4,6,12-14H,3,7-11H2,1-2H3. The summed E-state index contributed by atoms with van der Waals surface area (Å²) >= 11 is 0. The van der Waals surface area contributed by atoms with Gasteiger partial charge in [0.2, 0.25) is 0 Å². The van der Waals surface area contributed by atoms with Gasteiger partial charge in [-0.3, -0.25) is 4.90 Å². The van der Waals surface area contributed by atoms with Crippen LogP contribution in [0.1, 0.15) is 45.4 Å². The molecule has 0 aromatic heterocycles. The summed E-state index contributed by atoms with van der Waals surface area (Å²) in [4.78, 5) is 2.63. The Morgan fingerprint density at radius 1 is 1.38 bits per heavy atom. The fourth-order valence-corrected chi connectivity index (χ4v) is 4.26. The van der Waals surface area contributed by atoms with Gasteiger partial charge in [0.25, 0.3) is 0 Å². The second-order valence-corrected chi connectivity index (χ2v) is 5.94. The predicted molar refractivity (Wildman–Crippen MR) is 67.3 cm³/mol. The highest BCUT2D eigenvalue weighted by atomic mass is 15.2. The maximum atomic E-state index is 3.36. The van der Waals surface area contributed by atoms with Gasteiger partial charge >= 0.3 is 0 Å². The fourth-order valence-electron chi connectivity index (χ4n) is 4.26. The van der Waals surface area contributed by atoms with Gasteiger partial charge in [0.05, 0.1) is 0 Å². The van der Waals surface area contributed by atoms with Crippen molar-refractivity contribution < 1.29 is 0 Å². The lowest BCUT2D eigenvalue weighted by Crippen LogP contribution is -2.68. The van der Waals surface area contributed by atoms with E-state index in [1.165, 1.54) is 32.1 Å². The second kappa shape index (κ2) is 3.75. The molecule has 0 N–H and O–H groups in total. The van der Waals surface area contributed by atoms with E-state index < -0.39 is 0 Å². The van der Waals surface area contributed by atoms with Gasteiger partial charge in [0, 0.05) is 12.1 Å². The van der Waals surface area contributed by atoms with Crippen LogP contribution in [0.15, 0.2) is 17.9 Å². The minimum atomic E-state index is 0.659. The lowest BCUT2D eigenvalue weighted by atomic mass is 9.44. The van der Waals surface area contributed by atoms with Crippen molar-refractivity contribution in [1.82, 2.24) is 4.90 Å². The van der Waals surface area contributed by atoms with Crippen molar-refractivity contribution in [2.45, 2.75) is 57.5 Å². The summed E-state index contributed by atoms with van der Waals surface area (Å²) < 4.78 is 0. The smallest absolute Gasteiger partial charge is 0.0355 e. The molecule has 1 nitrogen and oxygen atoms in total. The molecule has 3 fully saturated rings. The van der Waals surface area contributed by atoms with Gasteiger partial charge in [-0.15, -0.1) is 5.73 Å². The molecule has 1 saturated heterocycles. The third kappa shape index (κ3) is 1.28. The Morgan fingerprint density at radius 3 is 2.75 bits per heavy atom. The van der Waals surface area contributed by atoms with Gasteiger partial charge in [0.15, 0.2) is 0 Å². The molecule has 88 valence electrons. The first-order valence-electron chi connectivity index (χ1n) is 6.91. The van der Waals surface area contributed by atoms with Crippen molar-refractivity contribution in [2.24, 2.45) is 11.3 Å². The average molecular weight is 217 g/mol. The first-order chi connectivity index (χ1) is 7.78. The molecule has 3 aliphatic rings. The van der Waals surface area contributed by atoms with Crippen molar-refractivity contribution in [3.8, 4) is 0 Å². The number of rotatable bonds is 2. The molecule has 0 radical (unpaired) electrons. The number of hydrogen-bond donors (Lipinski definition) is 0. The van der Waals surface area contributed by atoms with Crippen molar-refractivity contribution in [1.29, 1.82) is 0 Å². The normalized spacial score (nSPS) is 45.5. The fraction of sp³-hybridized carbons (Fsp3) is 0.800. The molecular weight excluding hydrogens is 194 g/mol. The van der Waals surface area contributed by atoms with Crippen LogP contribution in [0.2, 0.25) is 0 Å². The van der Waals surface area contributed by atoms with Crippen LogP contribution in [0.5, 0.6) is 0 Å². The topological polar surface area (TPSA) is 3.24 Å². The summed E-state index contributed by atoms with van der Waals surface area (Å²) in [5.74, 6) is 1.03. The molecular formula is C15H23N. The highest BCUT2D eigenvalue weighted by Gasteiger charge is 2.61. The Morgan fingerprint density at radius 2 is 2.19 bits per heavy atom.